The number of benzene rings is 3. The average Bonchev–Trinajstić information content (AvgIpc) is 3.04. The van der Waals surface area contributed by atoms with E-state index in [4.69, 9.17) is 28.4 Å². The minimum absolute atomic E-state index is 0.132. The average molecular weight is 607 g/mol. The molecule has 0 N–H and O–H groups in total. The highest BCUT2D eigenvalue weighted by atomic mass is 16.7. The summed E-state index contributed by atoms with van der Waals surface area (Å²) in [6.07, 6.45) is -6.35. The van der Waals surface area contributed by atoms with Crippen LogP contribution < -0.4 is 0 Å². The van der Waals surface area contributed by atoms with Crippen molar-refractivity contribution in [3.05, 3.63) is 108 Å². The molecule has 0 fully saturated rings. The number of rotatable bonds is 14. The Labute approximate surface area is 255 Å². The molecule has 44 heavy (non-hydrogen) atoms. The second-order valence-electron chi connectivity index (χ2n) is 9.70. The maximum Gasteiger partial charge on any atom is 0.338 e. The Morgan fingerprint density at radius 3 is 1.30 bits per heavy atom. The number of hydrogen-bond acceptors (Lipinski definition) is 11. The van der Waals surface area contributed by atoms with E-state index in [1.54, 1.807) is 61.5 Å². The summed E-state index contributed by atoms with van der Waals surface area (Å²) < 4.78 is 33.6. The molecule has 3 aromatic carbocycles. The smallest absolute Gasteiger partial charge is 0.338 e. The van der Waals surface area contributed by atoms with Crippen molar-refractivity contribution in [2.24, 2.45) is 5.92 Å². The first-order valence-corrected chi connectivity index (χ1v) is 13.7. The molecule has 0 heterocycles. The molecule has 3 aromatic rings. The topological polar surface area (TPSA) is 141 Å². The van der Waals surface area contributed by atoms with E-state index in [1.807, 2.05) is 0 Å². The lowest BCUT2D eigenvalue weighted by atomic mass is 9.95. The zero-order chi connectivity index (χ0) is 32.1. The number of carbonyl (C=O) groups excluding carboxylic acids is 5. The van der Waals surface area contributed by atoms with Crippen LogP contribution in [-0.2, 0) is 38.0 Å². The van der Waals surface area contributed by atoms with E-state index in [0.29, 0.717) is 0 Å². The minimum atomic E-state index is -1.67. The third-order valence-electron chi connectivity index (χ3n) is 6.30. The largest absolute Gasteiger partial charge is 0.465 e. The third kappa shape index (κ3) is 9.77. The molecule has 3 rings (SSSR count). The van der Waals surface area contributed by atoms with Crippen molar-refractivity contribution in [3.63, 3.8) is 0 Å². The van der Waals surface area contributed by atoms with Crippen LogP contribution in [0.4, 0.5) is 0 Å². The second kappa shape index (κ2) is 16.6. The zero-order valence-electron chi connectivity index (χ0n) is 24.7. The molecule has 0 saturated heterocycles. The Morgan fingerprint density at radius 1 is 0.545 bits per heavy atom. The first-order valence-electron chi connectivity index (χ1n) is 13.7. The summed E-state index contributed by atoms with van der Waals surface area (Å²) in [5.74, 6) is -4.78. The summed E-state index contributed by atoms with van der Waals surface area (Å²) in [5.41, 5.74) is 0.438. The molecule has 0 radical (unpaired) electrons. The van der Waals surface area contributed by atoms with E-state index in [2.05, 4.69) is 0 Å². The summed E-state index contributed by atoms with van der Waals surface area (Å²) in [5, 5.41) is 0. The first kappa shape index (κ1) is 33.5. The number of hydrogen-bond donors (Lipinski definition) is 0. The van der Waals surface area contributed by atoms with Gasteiger partial charge in [0.25, 0.3) is 0 Å². The van der Waals surface area contributed by atoms with Crippen LogP contribution in [0.2, 0.25) is 0 Å². The van der Waals surface area contributed by atoms with Gasteiger partial charge < -0.3 is 28.4 Å². The fraction of sp³-hybridized carbons (Fsp3) is 0.303. The maximum atomic E-state index is 13.5. The van der Waals surface area contributed by atoms with Gasteiger partial charge in [-0.05, 0) is 36.4 Å². The lowest BCUT2D eigenvalue weighted by molar-refractivity contribution is -0.218. The fourth-order valence-corrected chi connectivity index (χ4v) is 4.16. The van der Waals surface area contributed by atoms with Gasteiger partial charge >= 0.3 is 29.8 Å². The predicted octanol–water partition coefficient (Wildman–Crippen LogP) is 4.40. The zero-order valence-corrected chi connectivity index (χ0v) is 24.7. The third-order valence-corrected chi connectivity index (χ3v) is 6.30. The van der Waals surface area contributed by atoms with E-state index < -0.39 is 60.4 Å². The van der Waals surface area contributed by atoms with E-state index in [1.165, 1.54) is 50.4 Å². The van der Waals surface area contributed by atoms with E-state index >= 15 is 0 Å². The molecule has 0 bridgehead atoms. The minimum Gasteiger partial charge on any atom is -0.465 e. The van der Waals surface area contributed by atoms with Crippen LogP contribution in [0.5, 0.6) is 0 Å². The van der Waals surface area contributed by atoms with Crippen LogP contribution in [0.3, 0.4) is 0 Å². The van der Waals surface area contributed by atoms with Gasteiger partial charge in [0, 0.05) is 26.9 Å². The van der Waals surface area contributed by atoms with Crippen molar-refractivity contribution in [2.75, 3.05) is 13.7 Å². The summed E-state index contributed by atoms with van der Waals surface area (Å²) in [4.78, 5) is 63.9. The monoisotopic (exact) mass is 606 g/mol. The lowest BCUT2D eigenvalue weighted by Crippen LogP contribution is -2.54. The molecule has 0 aromatic heterocycles. The highest BCUT2D eigenvalue weighted by molar-refractivity contribution is 5.91. The van der Waals surface area contributed by atoms with Gasteiger partial charge in [-0.2, -0.15) is 0 Å². The van der Waals surface area contributed by atoms with Crippen molar-refractivity contribution >= 4 is 29.8 Å². The summed E-state index contributed by atoms with van der Waals surface area (Å²) >= 11 is 0. The molecule has 0 aliphatic heterocycles. The van der Waals surface area contributed by atoms with Crippen LogP contribution in [0.15, 0.2) is 91.0 Å². The molecule has 0 amide bonds. The van der Waals surface area contributed by atoms with Crippen LogP contribution in [-0.4, -0.2) is 68.2 Å². The summed E-state index contributed by atoms with van der Waals surface area (Å²) in [6.45, 7) is 3.63. The first-order chi connectivity index (χ1) is 21.1. The Hall–Kier alpha value is -5.03. The molecule has 232 valence electrons. The molecule has 0 saturated carbocycles. The molecule has 5 atom stereocenters. The summed E-state index contributed by atoms with van der Waals surface area (Å²) in [6, 6.07) is 23.9. The molecular weight excluding hydrogens is 572 g/mol. The van der Waals surface area contributed by atoms with E-state index in [0.717, 1.165) is 6.92 Å². The predicted molar refractivity (Wildman–Crippen MR) is 155 cm³/mol. The molecule has 5 unspecified atom stereocenters. The maximum absolute atomic E-state index is 13.5. The van der Waals surface area contributed by atoms with Gasteiger partial charge in [0.1, 0.15) is 6.10 Å². The number of methoxy groups -OCH3 is 1. The molecule has 0 aliphatic carbocycles. The normalized spacial score (nSPS) is 14.1. The van der Waals surface area contributed by atoms with Gasteiger partial charge in [0.05, 0.1) is 23.3 Å². The fourth-order valence-electron chi connectivity index (χ4n) is 4.16. The second-order valence-corrected chi connectivity index (χ2v) is 9.70. The number of esters is 5. The number of ether oxygens (including phenoxy) is 6. The van der Waals surface area contributed by atoms with Gasteiger partial charge in [-0.3, -0.25) is 9.59 Å². The van der Waals surface area contributed by atoms with Crippen LogP contribution in [0.25, 0.3) is 0 Å². The standard InChI is InChI=1S/C33H34O11/c1-21(20-40-22(2)34)27(42-30(36)24-14-8-5-9-15-24)28(43-31(37)25-16-10-6-11-17-25)29(33(39-4)41-23(3)35)44-32(38)26-18-12-7-13-19-26/h5-19,21,27-29,33H,20H2,1-4H3. The molecular formula is C33H34O11. The van der Waals surface area contributed by atoms with Gasteiger partial charge in [0.2, 0.25) is 12.4 Å². The number of carbonyl (C=O) groups is 5. The van der Waals surface area contributed by atoms with Crippen molar-refractivity contribution in [1.82, 2.24) is 0 Å². The van der Waals surface area contributed by atoms with Gasteiger partial charge in [-0.25, -0.2) is 14.4 Å². The van der Waals surface area contributed by atoms with Crippen molar-refractivity contribution < 1.29 is 52.4 Å². The van der Waals surface area contributed by atoms with Gasteiger partial charge in [-0.15, -0.1) is 0 Å². The van der Waals surface area contributed by atoms with Crippen LogP contribution in [0, 0.1) is 5.92 Å². The molecule has 11 nitrogen and oxygen atoms in total. The summed E-state index contributed by atoms with van der Waals surface area (Å²) in [7, 11) is 1.19. The highest BCUT2D eigenvalue weighted by Crippen LogP contribution is 2.27. The van der Waals surface area contributed by atoms with Crippen molar-refractivity contribution in [2.45, 2.75) is 45.4 Å². The SMILES string of the molecule is COC(OC(C)=O)C(OC(=O)c1ccccc1)C(OC(=O)c1ccccc1)C(OC(=O)c1ccccc1)C(C)COC(C)=O. The van der Waals surface area contributed by atoms with Gasteiger partial charge in [-0.1, -0.05) is 61.5 Å². The Morgan fingerprint density at radius 2 is 0.932 bits per heavy atom. The molecule has 0 spiro atoms. The van der Waals surface area contributed by atoms with E-state index in [9.17, 15) is 24.0 Å². The van der Waals surface area contributed by atoms with E-state index in [-0.39, 0.29) is 23.3 Å². The Kier molecular flexibility index (Phi) is 12.6. The van der Waals surface area contributed by atoms with Crippen molar-refractivity contribution in [1.29, 1.82) is 0 Å². The van der Waals surface area contributed by atoms with Gasteiger partial charge in [0.15, 0.2) is 6.10 Å². The van der Waals surface area contributed by atoms with Crippen molar-refractivity contribution in [3.8, 4) is 0 Å². The Balaban J connectivity index is 2.15. The van der Waals surface area contributed by atoms with Crippen LogP contribution in [0.1, 0.15) is 51.8 Å². The quantitative estimate of drug-likeness (QED) is 0.146. The highest BCUT2D eigenvalue weighted by Gasteiger charge is 2.47. The van der Waals surface area contributed by atoms with Crippen LogP contribution >= 0.6 is 0 Å². The molecule has 11 heteroatoms. The molecule has 0 aliphatic rings. The lowest BCUT2D eigenvalue weighted by Gasteiger charge is -2.37. The Bertz CT molecular complexity index is 1390.